The van der Waals surface area contributed by atoms with Gasteiger partial charge in [0.25, 0.3) is 5.91 Å². The molecule has 0 aromatic heterocycles. The third-order valence-electron chi connectivity index (χ3n) is 4.01. The minimum Gasteiger partial charge on any atom is -0.445 e. The van der Waals surface area contributed by atoms with Crippen LogP contribution in [0.25, 0.3) is 0 Å². The van der Waals surface area contributed by atoms with E-state index in [0.717, 1.165) is 21.3 Å². The standard InChI is InChI=1S/C18H16BrNO3/c1-11-5-3-4-6-15(11)20-17(22)18(2)10-12-9-13(19)7-8-14(12)16(21)23-18/h3-9H,10H2,1-2H3,(H,20,22). The van der Waals surface area contributed by atoms with E-state index in [1.807, 2.05) is 37.3 Å². The van der Waals surface area contributed by atoms with Crippen LogP contribution in [0.3, 0.4) is 0 Å². The Morgan fingerprint density at radius 3 is 2.74 bits per heavy atom. The number of halogens is 1. The Morgan fingerprint density at radius 2 is 2.00 bits per heavy atom. The summed E-state index contributed by atoms with van der Waals surface area (Å²) in [7, 11) is 0. The number of fused-ring (bicyclic) bond motifs is 1. The molecular formula is C18H16BrNO3. The first kappa shape index (κ1) is 15.7. The second kappa shape index (κ2) is 5.81. The second-order valence-corrected chi connectivity index (χ2v) is 6.78. The van der Waals surface area contributed by atoms with Crippen molar-refractivity contribution >= 4 is 33.5 Å². The molecule has 0 radical (unpaired) electrons. The summed E-state index contributed by atoms with van der Waals surface area (Å²) < 4.78 is 6.32. The lowest BCUT2D eigenvalue weighted by molar-refractivity contribution is -0.134. The predicted molar refractivity (Wildman–Crippen MR) is 91.5 cm³/mol. The molecule has 3 rings (SSSR count). The predicted octanol–water partition coefficient (Wildman–Crippen LogP) is 3.87. The zero-order valence-corrected chi connectivity index (χ0v) is 14.4. The zero-order valence-electron chi connectivity index (χ0n) is 12.9. The summed E-state index contributed by atoms with van der Waals surface area (Å²) in [6.45, 7) is 3.56. The molecule has 1 heterocycles. The number of hydrogen-bond donors (Lipinski definition) is 1. The van der Waals surface area contributed by atoms with E-state index in [1.165, 1.54) is 0 Å². The number of hydrogen-bond acceptors (Lipinski definition) is 3. The van der Waals surface area contributed by atoms with Gasteiger partial charge >= 0.3 is 5.97 Å². The lowest BCUT2D eigenvalue weighted by Gasteiger charge is -2.33. The number of rotatable bonds is 2. The lowest BCUT2D eigenvalue weighted by atomic mass is 9.89. The maximum atomic E-state index is 12.7. The first-order valence-electron chi connectivity index (χ1n) is 7.28. The highest BCUT2D eigenvalue weighted by atomic mass is 79.9. The first-order valence-corrected chi connectivity index (χ1v) is 8.07. The Hall–Kier alpha value is -2.14. The largest absolute Gasteiger partial charge is 0.445 e. The molecule has 1 amide bonds. The van der Waals surface area contributed by atoms with E-state index >= 15 is 0 Å². The Bertz CT molecular complexity index is 803. The summed E-state index contributed by atoms with van der Waals surface area (Å²) in [5.41, 5.74) is 1.75. The van der Waals surface area contributed by atoms with E-state index in [9.17, 15) is 9.59 Å². The van der Waals surface area contributed by atoms with Gasteiger partial charge in [0.05, 0.1) is 5.56 Å². The van der Waals surface area contributed by atoms with Crippen LogP contribution in [0.15, 0.2) is 46.9 Å². The van der Waals surface area contributed by atoms with Crippen LogP contribution in [0.2, 0.25) is 0 Å². The van der Waals surface area contributed by atoms with Gasteiger partial charge in [0, 0.05) is 16.6 Å². The van der Waals surface area contributed by atoms with Crippen LogP contribution in [-0.2, 0) is 16.0 Å². The molecule has 2 aromatic carbocycles. The molecule has 1 aliphatic heterocycles. The van der Waals surface area contributed by atoms with Crippen LogP contribution in [0.1, 0.15) is 28.4 Å². The monoisotopic (exact) mass is 373 g/mol. The Balaban J connectivity index is 1.89. The van der Waals surface area contributed by atoms with E-state index in [0.29, 0.717) is 12.0 Å². The van der Waals surface area contributed by atoms with Crippen molar-refractivity contribution in [3.63, 3.8) is 0 Å². The topological polar surface area (TPSA) is 55.4 Å². The van der Waals surface area contributed by atoms with Crippen LogP contribution in [0.5, 0.6) is 0 Å². The maximum Gasteiger partial charge on any atom is 0.339 e. The van der Waals surface area contributed by atoms with E-state index < -0.39 is 11.6 Å². The number of esters is 1. The van der Waals surface area contributed by atoms with E-state index in [1.54, 1.807) is 19.1 Å². The summed E-state index contributed by atoms with van der Waals surface area (Å²) in [5, 5.41) is 2.86. The third kappa shape index (κ3) is 3.01. The van der Waals surface area contributed by atoms with Gasteiger partial charge in [-0.05, 0) is 49.2 Å². The lowest BCUT2D eigenvalue weighted by Crippen LogP contribution is -2.49. The molecule has 0 aliphatic carbocycles. The molecule has 4 nitrogen and oxygen atoms in total. The average molecular weight is 374 g/mol. The molecule has 1 unspecified atom stereocenters. The van der Waals surface area contributed by atoms with Crippen molar-refractivity contribution in [1.82, 2.24) is 0 Å². The number of ether oxygens (including phenoxy) is 1. The highest BCUT2D eigenvalue weighted by molar-refractivity contribution is 9.10. The molecule has 118 valence electrons. The number of anilines is 1. The van der Waals surface area contributed by atoms with Crippen molar-refractivity contribution in [3.05, 3.63) is 63.6 Å². The molecule has 1 aliphatic rings. The van der Waals surface area contributed by atoms with Gasteiger partial charge in [0.15, 0.2) is 5.60 Å². The van der Waals surface area contributed by atoms with Crippen LogP contribution >= 0.6 is 15.9 Å². The van der Waals surface area contributed by atoms with Gasteiger partial charge in [-0.1, -0.05) is 34.1 Å². The minimum absolute atomic E-state index is 0.328. The SMILES string of the molecule is Cc1ccccc1NC(=O)C1(C)Cc2cc(Br)ccc2C(=O)O1. The number of benzene rings is 2. The summed E-state index contributed by atoms with van der Waals surface area (Å²) >= 11 is 3.40. The molecule has 0 spiro atoms. The van der Waals surface area contributed by atoms with Gasteiger partial charge in [0.2, 0.25) is 0 Å². The number of carbonyl (C=O) groups excluding carboxylic acids is 2. The van der Waals surface area contributed by atoms with Gasteiger partial charge in [-0.2, -0.15) is 0 Å². The summed E-state index contributed by atoms with van der Waals surface area (Å²) in [4.78, 5) is 24.9. The van der Waals surface area contributed by atoms with E-state index in [2.05, 4.69) is 21.2 Å². The van der Waals surface area contributed by atoms with Crippen LogP contribution in [-0.4, -0.2) is 17.5 Å². The average Bonchev–Trinajstić information content (AvgIpc) is 2.48. The quantitative estimate of drug-likeness (QED) is 0.812. The summed E-state index contributed by atoms with van der Waals surface area (Å²) in [5.74, 6) is -0.799. The van der Waals surface area contributed by atoms with Gasteiger partial charge in [-0.25, -0.2) is 4.79 Å². The van der Waals surface area contributed by atoms with Crippen molar-refractivity contribution in [2.24, 2.45) is 0 Å². The van der Waals surface area contributed by atoms with Crippen LogP contribution in [0.4, 0.5) is 5.69 Å². The summed E-state index contributed by atoms with van der Waals surface area (Å²) in [6, 6.07) is 12.8. The Kier molecular flexibility index (Phi) is 3.98. The van der Waals surface area contributed by atoms with Gasteiger partial charge in [-0.3, -0.25) is 4.79 Å². The second-order valence-electron chi connectivity index (χ2n) is 5.87. The highest BCUT2D eigenvalue weighted by Crippen LogP contribution is 2.31. The van der Waals surface area contributed by atoms with Crippen LogP contribution < -0.4 is 5.32 Å². The Labute approximate surface area is 143 Å². The van der Waals surface area contributed by atoms with Gasteiger partial charge in [-0.15, -0.1) is 0 Å². The van der Waals surface area contributed by atoms with Crippen molar-refractivity contribution in [1.29, 1.82) is 0 Å². The number of nitrogens with one attached hydrogen (secondary N) is 1. The molecule has 1 N–H and O–H groups in total. The number of aryl methyl sites for hydroxylation is 1. The van der Waals surface area contributed by atoms with Gasteiger partial charge < -0.3 is 10.1 Å². The van der Waals surface area contributed by atoms with E-state index in [-0.39, 0.29) is 5.91 Å². The zero-order chi connectivity index (χ0) is 16.6. The van der Waals surface area contributed by atoms with E-state index in [4.69, 9.17) is 4.74 Å². The number of para-hydroxylation sites is 1. The molecule has 0 fully saturated rings. The molecule has 0 saturated carbocycles. The molecule has 1 atom stereocenters. The first-order chi connectivity index (χ1) is 10.9. The number of cyclic esters (lactones) is 1. The molecule has 2 aromatic rings. The van der Waals surface area contributed by atoms with Crippen molar-refractivity contribution in [2.75, 3.05) is 5.32 Å². The third-order valence-corrected chi connectivity index (χ3v) is 4.50. The molecular weight excluding hydrogens is 358 g/mol. The summed E-state index contributed by atoms with van der Waals surface area (Å²) in [6.07, 6.45) is 0.339. The molecule has 0 saturated heterocycles. The number of amides is 1. The normalized spacial score (nSPS) is 19.7. The molecule has 0 bridgehead atoms. The Morgan fingerprint density at radius 1 is 1.26 bits per heavy atom. The number of carbonyl (C=O) groups is 2. The highest BCUT2D eigenvalue weighted by Gasteiger charge is 2.42. The fraction of sp³-hybridized carbons (Fsp3) is 0.222. The smallest absolute Gasteiger partial charge is 0.339 e. The fourth-order valence-electron chi connectivity index (χ4n) is 2.66. The minimum atomic E-state index is -1.23. The van der Waals surface area contributed by atoms with Crippen molar-refractivity contribution in [2.45, 2.75) is 25.9 Å². The van der Waals surface area contributed by atoms with Gasteiger partial charge in [0.1, 0.15) is 0 Å². The molecule has 5 heteroatoms. The van der Waals surface area contributed by atoms with Crippen molar-refractivity contribution in [3.8, 4) is 0 Å². The maximum absolute atomic E-state index is 12.7. The van der Waals surface area contributed by atoms with Crippen molar-refractivity contribution < 1.29 is 14.3 Å². The van der Waals surface area contributed by atoms with Crippen LogP contribution in [0, 0.1) is 6.92 Å². The fourth-order valence-corrected chi connectivity index (χ4v) is 3.07. The molecule has 23 heavy (non-hydrogen) atoms.